The molecular formula is C13H24N6O5Ta. The standard InChI is InChI=1S/C13H24N6O5.Ta/c1-10(21)24-8-12(7-20)18(15-2)5-11(14)4-17-9-16(3)6-13(17)19(22)23;/h5-6,12,15,20H,4,7-9,14H2,1-3H3;/b11-5-;. The normalized spacial score (nSPS) is 15.4. The molecule has 1 aliphatic heterocycles. The van der Waals surface area contributed by atoms with E-state index in [2.05, 4.69) is 5.43 Å². The van der Waals surface area contributed by atoms with Gasteiger partial charge in [-0.1, -0.05) is 0 Å². The molecule has 0 saturated heterocycles. The molecule has 1 radical (unpaired) electrons. The summed E-state index contributed by atoms with van der Waals surface area (Å²) in [6.07, 6.45) is 2.95. The van der Waals surface area contributed by atoms with E-state index in [-0.39, 0.29) is 48.0 Å². The number of esters is 1. The van der Waals surface area contributed by atoms with Crippen molar-refractivity contribution in [3.8, 4) is 0 Å². The number of hydrazine groups is 1. The molecule has 0 aliphatic carbocycles. The maximum Gasteiger partial charge on any atom is 0.336 e. The van der Waals surface area contributed by atoms with Crippen molar-refractivity contribution in [2.45, 2.75) is 13.0 Å². The summed E-state index contributed by atoms with van der Waals surface area (Å²) in [4.78, 5) is 24.6. The zero-order valence-corrected chi connectivity index (χ0v) is 17.7. The maximum absolute atomic E-state index is 11.0. The van der Waals surface area contributed by atoms with E-state index in [1.807, 2.05) is 0 Å². The van der Waals surface area contributed by atoms with Crippen LogP contribution in [-0.2, 0) is 31.9 Å². The topological polar surface area (TPSA) is 137 Å². The largest absolute Gasteiger partial charge is 0.464 e. The van der Waals surface area contributed by atoms with Gasteiger partial charge in [0.25, 0.3) is 0 Å². The Labute approximate surface area is 161 Å². The van der Waals surface area contributed by atoms with Crippen LogP contribution in [0.2, 0.25) is 0 Å². The number of hydrogen-bond acceptors (Lipinski definition) is 10. The molecule has 1 atom stereocenters. The van der Waals surface area contributed by atoms with Crippen LogP contribution in [0.1, 0.15) is 6.92 Å². The molecule has 4 N–H and O–H groups in total. The van der Waals surface area contributed by atoms with E-state index in [1.54, 1.807) is 19.0 Å². The number of ether oxygens (including phenoxy) is 1. The van der Waals surface area contributed by atoms with Gasteiger partial charge >= 0.3 is 11.8 Å². The number of carbonyl (C=O) groups excluding carboxylic acids is 1. The fraction of sp³-hybridized carbons (Fsp3) is 0.615. The second kappa shape index (κ2) is 10.9. The molecule has 141 valence electrons. The second-order valence-corrected chi connectivity index (χ2v) is 5.31. The molecule has 1 aliphatic rings. The fourth-order valence-corrected chi connectivity index (χ4v) is 2.18. The fourth-order valence-electron chi connectivity index (χ4n) is 2.18. The van der Waals surface area contributed by atoms with Gasteiger partial charge in [0.05, 0.1) is 18.5 Å². The van der Waals surface area contributed by atoms with Crippen LogP contribution in [0.4, 0.5) is 0 Å². The molecule has 11 nitrogen and oxygen atoms in total. The van der Waals surface area contributed by atoms with E-state index in [1.165, 1.54) is 29.2 Å². The van der Waals surface area contributed by atoms with Crippen LogP contribution in [-0.4, -0.2) is 77.4 Å². The van der Waals surface area contributed by atoms with E-state index in [9.17, 15) is 20.0 Å². The van der Waals surface area contributed by atoms with Crippen LogP contribution in [0.5, 0.6) is 0 Å². The Morgan fingerprint density at radius 3 is 2.80 bits per heavy atom. The van der Waals surface area contributed by atoms with Crippen molar-refractivity contribution in [3.63, 3.8) is 0 Å². The molecular weight excluding hydrogens is 501 g/mol. The van der Waals surface area contributed by atoms with Gasteiger partial charge in [-0.2, -0.15) is 0 Å². The number of nitrogens with two attached hydrogens (primary N) is 1. The molecule has 0 saturated carbocycles. The van der Waals surface area contributed by atoms with Gasteiger partial charge in [0.2, 0.25) is 0 Å². The van der Waals surface area contributed by atoms with Gasteiger partial charge < -0.3 is 35.6 Å². The van der Waals surface area contributed by atoms with E-state index in [4.69, 9.17) is 10.5 Å². The number of carbonyl (C=O) groups is 1. The van der Waals surface area contributed by atoms with E-state index >= 15 is 0 Å². The third kappa shape index (κ3) is 7.32. The van der Waals surface area contributed by atoms with E-state index < -0.39 is 16.9 Å². The first-order valence-electron chi connectivity index (χ1n) is 7.26. The van der Waals surface area contributed by atoms with Crippen LogP contribution >= 0.6 is 0 Å². The monoisotopic (exact) mass is 525 g/mol. The number of nitrogens with zero attached hydrogens (tertiary/aromatic N) is 4. The molecule has 25 heavy (non-hydrogen) atoms. The summed E-state index contributed by atoms with van der Waals surface area (Å²) >= 11 is 0. The zero-order valence-electron chi connectivity index (χ0n) is 14.5. The summed E-state index contributed by atoms with van der Waals surface area (Å²) in [5.74, 6) is -0.495. The van der Waals surface area contributed by atoms with Crippen molar-refractivity contribution in [1.29, 1.82) is 0 Å². The number of nitro groups is 1. The first-order valence-corrected chi connectivity index (χ1v) is 7.26. The number of rotatable bonds is 9. The van der Waals surface area contributed by atoms with Crippen LogP contribution < -0.4 is 11.2 Å². The van der Waals surface area contributed by atoms with Gasteiger partial charge in [-0.25, -0.2) is 10.3 Å². The van der Waals surface area contributed by atoms with Crippen molar-refractivity contribution in [2.24, 2.45) is 5.73 Å². The molecule has 0 aromatic rings. The summed E-state index contributed by atoms with van der Waals surface area (Å²) in [7, 11) is 3.34. The summed E-state index contributed by atoms with van der Waals surface area (Å²) in [5.41, 5.74) is 9.13. The first-order chi connectivity index (χ1) is 11.3. The van der Waals surface area contributed by atoms with Crippen molar-refractivity contribution in [3.05, 3.63) is 34.0 Å². The average Bonchev–Trinajstić information content (AvgIpc) is 2.86. The summed E-state index contributed by atoms with van der Waals surface area (Å²) < 4.78 is 4.89. The zero-order chi connectivity index (χ0) is 18.3. The van der Waals surface area contributed by atoms with Gasteiger partial charge in [-0.05, 0) is 4.92 Å². The van der Waals surface area contributed by atoms with E-state index in [0.29, 0.717) is 12.4 Å². The summed E-state index contributed by atoms with van der Waals surface area (Å²) in [6, 6.07) is -0.538. The average molecular weight is 525 g/mol. The molecule has 0 spiro atoms. The minimum atomic E-state index is -0.538. The van der Waals surface area contributed by atoms with Gasteiger partial charge in [0.1, 0.15) is 19.2 Å². The third-order valence-corrected chi connectivity index (χ3v) is 3.26. The van der Waals surface area contributed by atoms with Gasteiger partial charge in [-0.15, -0.1) is 0 Å². The summed E-state index contributed by atoms with van der Waals surface area (Å²) in [6.45, 7) is 1.47. The molecule has 0 amide bonds. The molecule has 0 bridgehead atoms. The summed E-state index contributed by atoms with van der Waals surface area (Å²) in [5, 5.41) is 21.9. The molecule has 1 rings (SSSR count). The Bertz CT molecular complexity index is 529. The number of nitrogens with one attached hydrogen (secondary N) is 1. The molecule has 1 unspecified atom stereocenters. The van der Waals surface area contributed by atoms with Crippen molar-refractivity contribution < 1.29 is 41.9 Å². The van der Waals surface area contributed by atoms with Crippen LogP contribution in [0.25, 0.3) is 0 Å². The Balaban J connectivity index is 0.00000576. The number of hydrogen-bond donors (Lipinski definition) is 3. The quantitative estimate of drug-likeness (QED) is 0.184. The Morgan fingerprint density at radius 2 is 2.32 bits per heavy atom. The van der Waals surface area contributed by atoms with Gasteiger partial charge in [0, 0.05) is 49.6 Å². The number of aliphatic hydroxyl groups is 1. The first kappa shape index (κ1) is 23.2. The van der Waals surface area contributed by atoms with Gasteiger partial charge in [-0.3, -0.25) is 4.79 Å². The van der Waals surface area contributed by atoms with Crippen LogP contribution in [0, 0.1) is 10.1 Å². The molecule has 0 aromatic carbocycles. The van der Waals surface area contributed by atoms with E-state index in [0.717, 1.165) is 0 Å². The van der Waals surface area contributed by atoms with Crippen LogP contribution in [0.3, 0.4) is 0 Å². The van der Waals surface area contributed by atoms with Crippen molar-refractivity contribution >= 4 is 5.97 Å². The minimum absolute atomic E-state index is 0. The maximum atomic E-state index is 11.0. The van der Waals surface area contributed by atoms with Crippen LogP contribution in [0.15, 0.2) is 23.9 Å². The smallest absolute Gasteiger partial charge is 0.336 e. The number of aliphatic hydroxyl groups excluding tert-OH is 1. The minimum Gasteiger partial charge on any atom is -0.464 e. The van der Waals surface area contributed by atoms with Crippen molar-refractivity contribution in [2.75, 3.05) is 40.5 Å². The van der Waals surface area contributed by atoms with Crippen molar-refractivity contribution in [1.82, 2.24) is 20.2 Å². The Kier molecular flexibility index (Phi) is 10.2. The predicted molar refractivity (Wildman–Crippen MR) is 85.1 cm³/mol. The molecule has 0 fully saturated rings. The predicted octanol–water partition coefficient (Wildman–Crippen LogP) is -1.58. The second-order valence-electron chi connectivity index (χ2n) is 5.31. The Morgan fingerprint density at radius 1 is 1.68 bits per heavy atom. The van der Waals surface area contributed by atoms with Gasteiger partial charge in [0.15, 0.2) is 6.67 Å². The Hall–Kier alpha value is -1.79. The SMILES string of the molecule is CNN(/C=C(\N)CN1CN(C)C=C1[N+](=O)[O-])C(CO)COC(C)=O.[Ta]. The molecule has 0 aromatic heterocycles. The molecule has 1 heterocycles. The third-order valence-electron chi connectivity index (χ3n) is 3.26. The molecule has 12 heteroatoms.